The predicted molar refractivity (Wildman–Crippen MR) is 114 cm³/mol. The van der Waals surface area contributed by atoms with Gasteiger partial charge in [-0.3, -0.25) is 4.79 Å². The molecule has 0 saturated carbocycles. The van der Waals surface area contributed by atoms with E-state index in [1.165, 1.54) is 13.2 Å². The first kappa shape index (κ1) is 20.4. The third kappa shape index (κ3) is 4.92. The molecule has 1 heterocycles. The van der Waals surface area contributed by atoms with Gasteiger partial charge in [0.05, 0.1) is 34.0 Å². The summed E-state index contributed by atoms with van der Waals surface area (Å²) in [6.45, 7) is 1.97. The molecule has 1 aromatic heterocycles. The molecule has 8 heteroatoms. The summed E-state index contributed by atoms with van der Waals surface area (Å²) < 4.78 is 4.71. The molecular formula is C20H17ClN2O3S2. The van der Waals surface area contributed by atoms with Gasteiger partial charge in [0.25, 0.3) is 5.91 Å². The Morgan fingerprint density at radius 3 is 2.71 bits per heavy atom. The lowest BCUT2D eigenvalue weighted by Gasteiger charge is -2.11. The van der Waals surface area contributed by atoms with E-state index >= 15 is 0 Å². The monoisotopic (exact) mass is 432 g/mol. The number of rotatable bonds is 6. The number of thiazole rings is 1. The van der Waals surface area contributed by atoms with Crippen molar-refractivity contribution in [2.75, 3.05) is 12.4 Å². The van der Waals surface area contributed by atoms with E-state index < -0.39 is 5.97 Å². The molecule has 0 unspecified atom stereocenters. The lowest BCUT2D eigenvalue weighted by molar-refractivity contribution is 0.0600. The minimum atomic E-state index is -0.560. The first-order chi connectivity index (χ1) is 13.5. The normalized spacial score (nSPS) is 10.5. The van der Waals surface area contributed by atoms with Gasteiger partial charge in [-0.2, -0.15) is 0 Å². The number of nitrogens with zero attached hydrogens (tertiary/aromatic N) is 1. The topological polar surface area (TPSA) is 68.3 Å². The molecule has 3 aromatic rings. The highest BCUT2D eigenvalue weighted by Gasteiger charge is 2.15. The predicted octanol–water partition coefficient (Wildman–Crippen LogP) is 5.44. The van der Waals surface area contributed by atoms with Crippen molar-refractivity contribution in [1.29, 1.82) is 0 Å². The van der Waals surface area contributed by atoms with Crippen molar-refractivity contribution in [1.82, 2.24) is 4.98 Å². The molecule has 0 aliphatic rings. The van der Waals surface area contributed by atoms with Crippen LogP contribution in [0.1, 0.15) is 31.4 Å². The highest BCUT2D eigenvalue weighted by Crippen LogP contribution is 2.28. The summed E-state index contributed by atoms with van der Waals surface area (Å²) >= 11 is 9.19. The van der Waals surface area contributed by atoms with E-state index in [9.17, 15) is 9.59 Å². The molecule has 0 radical (unpaired) electrons. The highest BCUT2D eigenvalue weighted by molar-refractivity contribution is 7.98. The molecule has 0 fully saturated rings. The number of amides is 1. The fourth-order valence-corrected chi connectivity index (χ4v) is 4.33. The van der Waals surface area contributed by atoms with E-state index in [4.69, 9.17) is 16.3 Å². The highest BCUT2D eigenvalue weighted by atomic mass is 35.5. The molecule has 1 amide bonds. The SMILES string of the molecule is COC(=O)c1cc(NC(=O)c2ccccc2SCc2csc(C)n2)ccc1Cl. The van der Waals surface area contributed by atoms with Crippen molar-refractivity contribution in [3.8, 4) is 0 Å². The number of hydrogen-bond donors (Lipinski definition) is 1. The van der Waals surface area contributed by atoms with E-state index in [2.05, 4.69) is 10.3 Å². The fraction of sp³-hybridized carbons (Fsp3) is 0.150. The number of benzene rings is 2. The van der Waals surface area contributed by atoms with Crippen LogP contribution in [0, 0.1) is 6.92 Å². The summed E-state index contributed by atoms with van der Waals surface area (Å²) in [5.41, 5.74) is 2.20. The van der Waals surface area contributed by atoms with Crippen LogP contribution in [-0.4, -0.2) is 24.0 Å². The molecule has 0 aliphatic carbocycles. The van der Waals surface area contributed by atoms with E-state index in [0.717, 1.165) is 15.6 Å². The Morgan fingerprint density at radius 2 is 2.00 bits per heavy atom. The molecule has 144 valence electrons. The second-order valence-electron chi connectivity index (χ2n) is 5.78. The van der Waals surface area contributed by atoms with Crippen LogP contribution >= 0.6 is 34.7 Å². The largest absolute Gasteiger partial charge is 0.465 e. The number of methoxy groups -OCH3 is 1. The van der Waals surface area contributed by atoms with Gasteiger partial charge in [-0.15, -0.1) is 23.1 Å². The molecule has 0 saturated heterocycles. The van der Waals surface area contributed by atoms with Gasteiger partial charge < -0.3 is 10.1 Å². The molecule has 5 nitrogen and oxygen atoms in total. The first-order valence-electron chi connectivity index (χ1n) is 8.30. The average molecular weight is 433 g/mol. The van der Waals surface area contributed by atoms with Gasteiger partial charge in [0.1, 0.15) is 0 Å². The zero-order chi connectivity index (χ0) is 20.1. The number of carbonyl (C=O) groups is 2. The number of thioether (sulfide) groups is 1. The van der Waals surface area contributed by atoms with Crippen molar-refractivity contribution in [2.45, 2.75) is 17.6 Å². The maximum atomic E-state index is 12.8. The Bertz CT molecular complexity index is 1020. The molecular weight excluding hydrogens is 416 g/mol. The van der Waals surface area contributed by atoms with Crippen LogP contribution in [-0.2, 0) is 10.5 Å². The van der Waals surface area contributed by atoms with E-state index in [-0.39, 0.29) is 16.5 Å². The number of aryl methyl sites for hydroxylation is 1. The molecule has 0 atom stereocenters. The Morgan fingerprint density at radius 1 is 1.21 bits per heavy atom. The van der Waals surface area contributed by atoms with Gasteiger partial charge in [0.2, 0.25) is 0 Å². The van der Waals surface area contributed by atoms with E-state index in [1.54, 1.807) is 41.3 Å². The second kappa shape index (κ2) is 9.23. The maximum absolute atomic E-state index is 12.8. The molecule has 2 aromatic carbocycles. The number of nitrogens with one attached hydrogen (secondary N) is 1. The van der Waals surface area contributed by atoms with Crippen LogP contribution in [0.3, 0.4) is 0 Å². The van der Waals surface area contributed by atoms with Crippen molar-refractivity contribution in [3.05, 3.63) is 74.7 Å². The fourth-order valence-electron chi connectivity index (χ4n) is 2.47. The number of carbonyl (C=O) groups excluding carboxylic acids is 2. The van der Waals surface area contributed by atoms with Crippen molar-refractivity contribution >= 4 is 52.3 Å². The standard InChI is InChI=1S/C20H17ClN2O3S2/c1-12-22-14(10-27-12)11-28-18-6-4-3-5-15(18)19(24)23-13-7-8-17(21)16(9-13)20(25)26-2/h3-10H,11H2,1-2H3,(H,23,24). The molecule has 28 heavy (non-hydrogen) atoms. The molecule has 1 N–H and O–H groups in total. The number of ether oxygens (including phenoxy) is 1. The van der Waals surface area contributed by atoms with Crippen LogP contribution < -0.4 is 5.32 Å². The van der Waals surface area contributed by atoms with Gasteiger partial charge >= 0.3 is 5.97 Å². The Labute approximate surface area is 176 Å². The van der Waals surface area contributed by atoms with Crippen molar-refractivity contribution < 1.29 is 14.3 Å². The van der Waals surface area contributed by atoms with Crippen molar-refractivity contribution in [3.63, 3.8) is 0 Å². The van der Waals surface area contributed by atoms with Crippen LogP contribution in [0.25, 0.3) is 0 Å². The van der Waals surface area contributed by atoms with E-state index in [1.807, 2.05) is 30.5 Å². The average Bonchev–Trinajstić information content (AvgIpc) is 3.12. The van der Waals surface area contributed by atoms with Gasteiger partial charge in [-0.1, -0.05) is 23.7 Å². The quantitative estimate of drug-likeness (QED) is 0.415. The first-order valence-corrected chi connectivity index (χ1v) is 10.5. The van der Waals surface area contributed by atoms with Crippen LogP contribution in [0.15, 0.2) is 52.7 Å². The summed E-state index contributed by atoms with van der Waals surface area (Å²) in [7, 11) is 1.28. The minimum absolute atomic E-state index is 0.198. The molecule has 3 rings (SSSR count). The summed E-state index contributed by atoms with van der Waals surface area (Å²) in [5.74, 6) is -0.145. The number of anilines is 1. The smallest absolute Gasteiger partial charge is 0.339 e. The summed E-state index contributed by atoms with van der Waals surface area (Å²) in [4.78, 5) is 29.9. The maximum Gasteiger partial charge on any atom is 0.339 e. The number of hydrogen-bond acceptors (Lipinski definition) is 6. The summed E-state index contributed by atoms with van der Waals surface area (Å²) in [6.07, 6.45) is 0. The molecule has 0 bridgehead atoms. The zero-order valence-electron chi connectivity index (χ0n) is 15.2. The summed E-state index contributed by atoms with van der Waals surface area (Å²) in [5, 5.41) is 6.12. The van der Waals surface area contributed by atoms with Crippen molar-refractivity contribution in [2.24, 2.45) is 0 Å². The van der Waals surface area contributed by atoms with Crippen LogP contribution in [0.4, 0.5) is 5.69 Å². The van der Waals surface area contributed by atoms with Gasteiger partial charge in [0.15, 0.2) is 0 Å². The Hall–Kier alpha value is -2.35. The second-order valence-corrected chi connectivity index (χ2v) is 8.27. The van der Waals surface area contributed by atoms with Gasteiger partial charge in [0, 0.05) is 21.7 Å². The molecule has 0 aliphatic heterocycles. The molecule has 0 spiro atoms. The van der Waals surface area contributed by atoms with Gasteiger partial charge in [-0.05, 0) is 37.3 Å². The lowest BCUT2D eigenvalue weighted by Crippen LogP contribution is -2.14. The number of halogens is 1. The van der Waals surface area contributed by atoms with Crippen LogP contribution in [0.2, 0.25) is 5.02 Å². The zero-order valence-corrected chi connectivity index (χ0v) is 17.6. The number of aromatic nitrogens is 1. The third-order valence-corrected chi connectivity index (χ3v) is 6.06. The summed E-state index contributed by atoms with van der Waals surface area (Å²) in [6, 6.07) is 12.1. The van der Waals surface area contributed by atoms with Gasteiger partial charge in [-0.25, -0.2) is 9.78 Å². The minimum Gasteiger partial charge on any atom is -0.465 e. The Balaban J connectivity index is 1.77. The van der Waals surface area contributed by atoms with E-state index in [0.29, 0.717) is 17.0 Å². The van der Waals surface area contributed by atoms with Crippen LogP contribution in [0.5, 0.6) is 0 Å². The third-order valence-electron chi connectivity index (χ3n) is 3.80. The lowest BCUT2D eigenvalue weighted by atomic mass is 10.1. The number of esters is 1. The Kier molecular flexibility index (Phi) is 6.72.